The number of anilines is 1. The summed E-state index contributed by atoms with van der Waals surface area (Å²) >= 11 is 0. The molecular formula is C20H25N3O2. The Balaban J connectivity index is 1.84. The van der Waals surface area contributed by atoms with E-state index in [0.29, 0.717) is 17.8 Å². The van der Waals surface area contributed by atoms with Gasteiger partial charge in [-0.2, -0.15) is 0 Å². The lowest BCUT2D eigenvalue weighted by Crippen LogP contribution is -2.32. The normalized spacial score (nSPS) is 11.5. The number of aryl methyl sites for hydroxylation is 1. The van der Waals surface area contributed by atoms with Gasteiger partial charge in [0.1, 0.15) is 0 Å². The predicted molar refractivity (Wildman–Crippen MR) is 101 cm³/mol. The standard InChI is InChI=1S/C20H25N3O2/c1-4-15(3)22-19(24)17-9-11-18(12-10-17)23-20(25)21-13-16-7-5-14(2)6-8-16/h5-12,15H,4,13H2,1-3H3,(H,22,24)(H2,21,23,25). The van der Waals surface area contributed by atoms with Crippen molar-refractivity contribution in [3.63, 3.8) is 0 Å². The molecule has 0 aliphatic carbocycles. The van der Waals surface area contributed by atoms with Crippen LogP contribution in [0.25, 0.3) is 0 Å². The Labute approximate surface area is 148 Å². The third-order valence-electron chi connectivity index (χ3n) is 3.97. The lowest BCUT2D eigenvalue weighted by Gasteiger charge is -2.12. The predicted octanol–water partition coefficient (Wildman–Crippen LogP) is 3.85. The number of benzene rings is 2. The number of hydrogen-bond acceptors (Lipinski definition) is 2. The molecule has 3 N–H and O–H groups in total. The molecular weight excluding hydrogens is 314 g/mol. The minimum Gasteiger partial charge on any atom is -0.350 e. The van der Waals surface area contributed by atoms with Crippen LogP contribution in [0.4, 0.5) is 10.5 Å². The zero-order valence-corrected chi connectivity index (χ0v) is 14.9. The van der Waals surface area contributed by atoms with E-state index in [1.54, 1.807) is 24.3 Å². The summed E-state index contributed by atoms with van der Waals surface area (Å²) in [5.41, 5.74) is 3.44. The molecule has 0 aliphatic rings. The second kappa shape index (κ2) is 8.87. The smallest absolute Gasteiger partial charge is 0.319 e. The highest BCUT2D eigenvalue weighted by molar-refractivity contribution is 5.95. The lowest BCUT2D eigenvalue weighted by molar-refractivity contribution is 0.0939. The van der Waals surface area contributed by atoms with Gasteiger partial charge in [-0.15, -0.1) is 0 Å². The Morgan fingerprint density at radius 2 is 1.64 bits per heavy atom. The minimum atomic E-state index is -0.280. The van der Waals surface area contributed by atoms with Crippen LogP contribution < -0.4 is 16.0 Å². The number of carbonyl (C=O) groups excluding carboxylic acids is 2. The number of amides is 3. The van der Waals surface area contributed by atoms with Gasteiger partial charge in [-0.05, 0) is 50.1 Å². The fourth-order valence-electron chi connectivity index (χ4n) is 2.18. The van der Waals surface area contributed by atoms with Gasteiger partial charge >= 0.3 is 6.03 Å². The Kier molecular flexibility index (Phi) is 6.57. The van der Waals surface area contributed by atoms with Gasteiger partial charge in [-0.25, -0.2) is 4.79 Å². The summed E-state index contributed by atoms with van der Waals surface area (Å²) in [4.78, 5) is 24.0. The van der Waals surface area contributed by atoms with Gasteiger partial charge in [0, 0.05) is 23.8 Å². The number of hydrogen-bond donors (Lipinski definition) is 3. The highest BCUT2D eigenvalue weighted by Gasteiger charge is 2.09. The monoisotopic (exact) mass is 339 g/mol. The van der Waals surface area contributed by atoms with E-state index in [4.69, 9.17) is 0 Å². The van der Waals surface area contributed by atoms with Crippen LogP contribution in [-0.2, 0) is 6.54 Å². The first kappa shape index (κ1) is 18.5. The summed E-state index contributed by atoms with van der Waals surface area (Å²) in [6.45, 7) is 6.47. The van der Waals surface area contributed by atoms with E-state index in [-0.39, 0.29) is 18.0 Å². The molecule has 0 fully saturated rings. The molecule has 25 heavy (non-hydrogen) atoms. The molecule has 0 spiro atoms. The van der Waals surface area contributed by atoms with Crippen LogP contribution in [0.3, 0.4) is 0 Å². The summed E-state index contributed by atoms with van der Waals surface area (Å²) in [5, 5.41) is 8.48. The van der Waals surface area contributed by atoms with Crippen molar-refractivity contribution < 1.29 is 9.59 Å². The largest absolute Gasteiger partial charge is 0.350 e. The summed E-state index contributed by atoms with van der Waals surface area (Å²) in [6.07, 6.45) is 0.881. The van der Waals surface area contributed by atoms with E-state index in [1.807, 2.05) is 45.0 Å². The van der Waals surface area contributed by atoms with Gasteiger partial charge < -0.3 is 16.0 Å². The molecule has 1 unspecified atom stereocenters. The number of urea groups is 1. The van der Waals surface area contributed by atoms with Gasteiger partial charge in [-0.1, -0.05) is 36.8 Å². The van der Waals surface area contributed by atoms with E-state index in [2.05, 4.69) is 16.0 Å². The molecule has 2 rings (SSSR count). The van der Waals surface area contributed by atoms with Gasteiger partial charge in [0.15, 0.2) is 0 Å². The molecule has 5 nitrogen and oxygen atoms in total. The number of rotatable bonds is 6. The molecule has 0 aromatic heterocycles. The lowest BCUT2D eigenvalue weighted by atomic mass is 10.1. The Bertz CT molecular complexity index is 709. The first-order valence-corrected chi connectivity index (χ1v) is 8.49. The van der Waals surface area contributed by atoms with Crippen molar-refractivity contribution in [3.05, 3.63) is 65.2 Å². The van der Waals surface area contributed by atoms with Crippen molar-refractivity contribution in [2.24, 2.45) is 0 Å². The van der Waals surface area contributed by atoms with Crippen LogP contribution in [0.1, 0.15) is 41.8 Å². The Morgan fingerprint density at radius 1 is 1.00 bits per heavy atom. The topological polar surface area (TPSA) is 70.2 Å². The number of nitrogens with one attached hydrogen (secondary N) is 3. The van der Waals surface area contributed by atoms with Crippen molar-refractivity contribution in [1.29, 1.82) is 0 Å². The maximum Gasteiger partial charge on any atom is 0.319 e. The zero-order chi connectivity index (χ0) is 18.2. The molecule has 2 aromatic carbocycles. The van der Waals surface area contributed by atoms with Crippen LogP contribution in [0.5, 0.6) is 0 Å². The molecule has 5 heteroatoms. The molecule has 0 bridgehead atoms. The van der Waals surface area contributed by atoms with E-state index in [9.17, 15) is 9.59 Å². The maximum absolute atomic E-state index is 12.0. The van der Waals surface area contributed by atoms with Crippen LogP contribution in [-0.4, -0.2) is 18.0 Å². The fraction of sp³-hybridized carbons (Fsp3) is 0.300. The highest BCUT2D eigenvalue weighted by Crippen LogP contribution is 2.10. The van der Waals surface area contributed by atoms with Crippen molar-refractivity contribution in [3.8, 4) is 0 Å². The third-order valence-corrected chi connectivity index (χ3v) is 3.97. The molecule has 0 radical (unpaired) electrons. The van der Waals surface area contributed by atoms with Crippen LogP contribution in [0.2, 0.25) is 0 Å². The van der Waals surface area contributed by atoms with Crippen LogP contribution >= 0.6 is 0 Å². The quantitative estimate of drug-likeness (QED) is 0.748. The average molecular weight is 339 g/mol. The summed E-state index contributed by atoms with van der Waals surface area (Å²) in [6, 6.07) is 14.7. The Hall–Kier alpha value is -2.82. The SMILES string of the molecule is CCC(C)NC(=O)c1ccc(NC(=O)NCc2ccc(C)cc2)cc1. The van der Waals surface area contributed by atoms with Crippen molar-refractivity contribution in [1.82, 2.24) is 10.6 Å². The molecule has 0 heterocycles. The van der Waals surface area contributed by atoms with Gasteiger partial charge in [-0.3, -0.25) is 4.79 Å². The zero-order valence-electron chi connectivity index (χ0n) is 14.9. The average Bonchev–Trinajstić information content (AvgIpc) is 2.61. The summed E-state index contributed by atoms with van der Waals surface area (Å²) < 4.78 is 0. The summed E-state index contributed by atoms with van der Waals surface area (Å²) in [7, 11) is 0. The second-order valence-corrected chi connectivity index (χ2v) is 6.15. The van der Waals surface area contributed by atoms with Crippen LogP contribution in [0, 0.1) is 6.92 Å². The Morgan fingerprint density at radius 3 is 2.24 bits per heavy atom. The van der Waals surface area contributed by atoms with Gasteiger partial charge in [0.05, 0.1) is 0 Å². The van der Waals surface area contributed by atoms with Gasteiger partial charge in [0.25, 0.3) is 5.91 Å². The molecule has 0 saturated heterocycles. The molecule has 132 valence electrons. The first-order valence-electron chi connectivity index (χ1n) is 8.49. The van der Waals surface area contributed by atoms with Crippen molar-refractivity contribution in [2.75, 3.05) is 5.32 Å². The number of carbonyl (C=O) groups is 2. The van der Waals surface area contributed by atoms with Gasteiger partial charge in [0.2, 0.25) is 0 Å². The van der Waals surface area contributed by atoms with Crippen molar-refractivity contribution in [2.45, 2.75) is 39.8 Å². The summed E-state index contributed by atoms with van der Waals surface area (Å²) in [5.74, 6) is -0.107. The highest BCUT2D eigenvalue weighted by atomic mass is 16.2. The van der Waals surface area contributed by atoms with Crippen molar-refractivity contribution >= 4 is 17.6 Å². The van der Waals surface area contributed by atoms with E-state index in [1.165, 1.54) is 5.56 Å². The fourth-order valence-corrected chi connectivity index (χ4v) is 2.18. The van der Waals surface area contributed by atoms with E-state index in [0.717, 1.165) is 12.0 Å². The van der Waals surface area contributed by atoms with Crippen LogP contribution in [0.15, 0.2) is 48.5 Å². The minimum absolute atomic E-state index is 0.107. The van der Waals surface area contributed by atoms with E-state index >= 15 is 0 Å². The first-order chi connectivity index (χ1) is 12.0. The molecule has 0 saturated carbocycles. The third kappa shape index (κ3) is 5.95. The van der Waals surface area contributed by atoms with E-state index < -0.39 is 0 Å². The molecule has 1 atom stereocenters. The molecule has 3 amide bonds. The second-order valence-electron chi connectivity index (χ2n) is 6.15. The maximum atomic E-state index is 12.0. The molecule has 2 aromatic rings. The molecule has 0 aliphatic heterocycles.